The molecule has 34 heavy (non-hydrogen) atoms. The lowest BCUT2D eigenvalue weighted by Crippen LogP contribution is -2.25. The topological polar surface area (TPSA) is 33.0 Å². The Balaban J connectivity index is 1.56. The first kappa shape index (κ1) is 26.3. The Kier molecular flexibility index (Phi) is 11.0. The molecule has 1 fully saturated rings. The average molecular weight is 460 g/mol. The summed E-state index contributed by atoms with van der Waals surface area (Å²) in [6, 6.07) is 20.2. The second-order valence-corrected chi connectivity index (χ2v) is 10.4. The maximum atomic E-state index is 10.0. The highest BCUT2D eigenvalue weighted by atomic mass is 16.5. The van der Waals surface area contributed by atoms with E-state index in [4.69, 9.17) is 4.74 Å². The lowest BCUT2D eigenvalue weighted by Gasteiger charge is -2.36. The number of benzene rings is 2. The smallest absolute Gasteiger partial charge is 0.119 e. The number of hydrogen-bond donors (Lipinski definition) is 0. The van der Waals surface area contributed by atoms with Crippen molar-refractivity contribution >= 4 is 0 Å². The Bertz CT molecular complexity index is 871. The van der Waals surface area contributed by atoms with Crippen LogP contribution in [0.3, 0.4) is 0 Å². The van der Waals surface area contributed by atoms with Crippen LogP contribution in [0, 0.1) is 16.7 Å². The lowest BCUT2D eigenvalue weighted by molar-refractivity contribution is 0.223. The summed E-state index contributed by atoms with van der Waals surface area (Å²) < 4.78 is 5.85. The van der Waals surface area contributed by atoms with E-state index < -0.39 is 0 Å². The molecule has 2 aromatic carbocycles. The van der Waals surface area contributed by atoms with Crippen LogP contribution in [0.25, 0.3) is 11.1 Å². The van der Waals surface area contributed by atoms with Gasteiger partial charge in [0.25, 0.3) is 0 Å². The molecule has 1 aliphatic rings. The molecule has 0 atom stereocenters. The second kappa shape index (κ2) is 14.2. The third kappa shape index (κ3) is 7.63. The first-order valence-electron chi connectivity index (χ1n) is 13.9. The lowest BCUT2D eigenvalue weighted by atomic mass is 9.67. The van der Waals surface area contributed by atoms with Gasteiger partial charge in [0, 0.05) is 0 Å². The van der Waals surface area contributed by atoms with Gasteiger partial charge in [-0.3, -0.25) is 0 Å². The minimum absolute atomic E-state index is 0.0909. The molecule has 0 aromatic heterocycles. The molecule has 0 N–H and O–H groups in total. The van der Waals surface area contributed by atoms with Gasteiger partial charge in [0.15, 0.2) is 0 Å². The molecule has 0 bridgehead atoms. The molecular formula is C32H45NO. The van der Waals surface area contributed by atoms with E-state index in [-0.39, 0.29) is 5.41 Å². The second-order valence-electron chi connectivity index (χ2n) is 10.4. The monoisotopic (exact) mass is 459 g/mol. The van der Waals surface area contributed by atoms with Crippen LogP contribution >= 0.6 is 0 Å². The Morgan fingerprint density at radius 2 is 1.47 bits per heavy atom. The molecule has 1 aliphatic carbocycles. The van der Waals surface area contributed by atoms with Crippen LogP contribution in [0.1, 0.15) is 115 Å². The first-order chi connectivity index (χ1) is 16.7. The minimum Gasteiger partial charge on any atom is -0.494 e. The molecule has 0 amide bonds. The molecule has 0 radical (unpaired) electrons. The van der Waals surface area contributed by atoms with Crippen LogP contribution in [0.2, 0.25) is 0 Å². The van der Waals surface area contributed by atoms with Crippen LogP contribution in [0.15, 0.2) is 48.5 Å². The van der Waals surface area contributed by atoms with Gasteiger partial charge in [-0.1, -0.05) is 102 Å². The van der Waals surface area contributed by atoms with Crippen LogP contribution in [0.5, 0.6) is 5.75 Å². The fourth-order valence-corrected chi connectivity index (χ4v) is 5.50. The van der Waals surface area contributed by atoms with Gasteiger partial charge in [-0.2, -0.15) is 5.26 Å². The van der Waals surface area contributed by atoms with Gasteiger partial charge in [-0.05, 0) is 73.3 Å². The number of unbranched alkanes of at least 4 members (excludes halogenated alkanes) is 7. The van der Waals surface area contributed by atoms with Crippen LogP contribution in [-0.4, -0.2) is 6.61 Å². The fourth-order valence-electron chi connectivity index (χ4n) is 5.50. The van der Waals surface area contributed by atoms with E-state index >= 15 is 0 Å². The van der Waals surface area contributed by atoms with Crippen molar-refractivity contribution in [3.05, 3.63) is 54.1 Å². The van der Waals surface area contributed by atoms with Crippen molar-refractivity contribution in [3.8, 4) is 22.9 Å². The largest absolute Gasteiger partial charge is 0.494 e. The van der Waals surface area contributed by atoms with E-state index in [1.165, 1.54) is 61.6 Å². The van der Waals surface area contributed by atoms with E-state index in [1.807, 2.05) is 0 Å². The Morgan fingerprint density at radius 1 is 0.824 bits per heavy atom. The molecule has 0 spiro atoms. The normalized spacial score (nSPS) is 20.1. The molecule has 2 aromatic rings. The van der Waals surface area contributed by atoms with Crippen molar-refractivity contribution in [1.82, 2.24) is 0 Å². The Morgan fingerprint density at radius 3 is 2.15 bits per heavy atom. The van der Waals surface area contributed by atoms with Gasteiger partial charge >= 0.3 is 0 Å². The van der Waals surface area contributed by atoms with E-state index in [2.05, 4.69) is 68.4 Å². The molecule has 0 aliphatic heterocycles. The van der Waals surface area contributed by atoms with E-state index in [1.54, 1.807) is 0 Å². The van der Waals surface area contributed by atoms with Crippen molar-refractivity contribution in [2.75, 3.05) is 6.61 Å². The first-order valence-corrected chi connectivity index (χ1v) is 13.9. The summed E-state index contributed by atoms with van der Waals surface area (Å²) in [5, 5.41) is 10.0. The van der Waals surface area contributed by atoms with Gasteiger partial charge < -0.3 is 4.74 Å². The SMILES string of the molecule is CCCCCCCCCC1(C#N)CCC(c2ccccc2-c2ccc(OCCCC)cc2)CC1. The number of hydrogen-bond acceptors (Lipinski definition) is 2. The van der Waals surface area contributed by atoms with Gasteiger partial charge in [0.1, 0.15) is 5.75 Å². The zero-order valence-electron chi connectivity index (χ0n) is 21.7. The predicted molar refractivity (Wildman–Crippen MR) is 144 cm³/mol. The van der Waals surface area contributed by atoms with Crippen LogP contribution < -0.4 is 4.74 Å². The van der Waals surface area contributed by atoms with Gasteiger partial charge in [0.2, 0.25) is 0 Å². The molecule has 2 nitrogen and oxygen atoms in total. The quantitative estimate of drug-likeness (QED) is 0.263. The summed E-state index contributed by atoms with van der Waals surface area (Å²) in [6.07, 6.45) is 16.9. The van der Waals surface area contributed by atoms with Crippen molar-refractivity contribution in [2.24, 2.45) is 5.41 Å². The molecule has 1 saturated carbocycles. The maximum Gasteiger partial charge on any atom is 0.119 e. The molecular weight excluding hydrogens is 414 g/mol. The highest BCUT2D eigenvalue weighted by molar-refractivity contribution is 5.68. The molecule has 0 unspecified atom stereocenters. The van der Waals surface area contributed by atoms with Crippen molar-refractivity contribution < 1.29 is 4.74 Å². The zero-order chi connectivity index (χ0) is 24.1. The number of rotatable bonds is 14. The fraction of sp³-hybridized carbons (Fsp3) is 0.594. The molecule has 2 heteroatoms. The van der Waals surface area contributed by atoms with Crippen LogP contribution in [0.4, 0.5) is 0 Å². The highest BCUT2D eigenvalue weighted by Crippen LogP contribution is 2.47. The number of ether oxygens (including phenoxy) is 1. The summed E-state index contributed by atoms with van der Waals surface area (Å²) in [4.78, 5) is 0. The van der Waals surface area contributed by atoms with Gasteiger partial charge in [-0.25, -0.2) is 0 Å². The average Bonchev–Trinajstić information content (AvgIpc) is 2.89. The summed E-state index contributed by atoms with van der Waals surface area (Å²) in [7, 11) is 0. The van der Waals surface area contributed by atoms with Crippen molar-refractivity contribution in [2.45, 2.75) is 110 Å². The molecule has 0 saturated heterocycles. The van der Waals surface area contributed by atoms with Crippen LogP contribution in [-0.2, 0) is 0 Å². The molecule has 3 rings (SSSR count). The predicted octanol–water partition coefficient (Wildman–Crippen LogP) is 9.84. The van der Waals surface area contributed by atoms with E-state index in [0.717, 1.165) is 57.3 Å². The number of nitrogens with zero attached hydrogens (tertiary/aromatic N) is 1. The Labute approximate surface area is 208 Å². The van der Waals surface area contributed by atoms with E-state index in [0.29, 0.717) is 5.92 Å². The summed E-state index contributed by atoms with van der Waals surface area (Å²) in [5.74, 6) is 1.50. The van der Waals surface area contributed by atoms with Crippen molar-refractivity contribution in [3.63, 3.8) is 0 Å². The Hall–Kier alpha value is -2.27. The number of nitriles is 1. The summed E-state index contributed by atoms with van der Waals surface area (Å²) in [6.45, 7) is 5.24. The zero-order valence-corrected chi connectivity index (χ0v) is 21.7. The molecule has 0 heterocycles. The maximum absolute atomic E-state index is 10.0. The standard InChI is InChI=1S/C32H45NO/c1-3-5-7-8-9-10-13-22-32(26-33)23-20-28(21-24-32)31-15-12-11-14-30(31)27-16-18-29(19-17-27)34-25-6-4-2/h11-12,14-19,28H,3-10,13,20-25H2,1-2H3. The summed E-state index contributed by atoms with van der Waals surface area (Å²) in [5.41, 5.74) is 3.96. The highest BCUT2D eigenvalue weighted by Gasteiger charge is 2.35. The van der Waals surface area contributed by atoms with Gasteiger partial charge in [0.05, 0.1) is 18.1 Å². The summed E-state index contributed by atoms with van der Waals surface area (Å²) >= 11 is 0. The third-order valence-electron chi connectivity index (χ3n) is 7.77. The van der Waals surface area contributed by atoms with E-state index in [9.17, 15) is 5.26 Å². The minimum atomic E-state index is -0.0909. The third-order valence-corrected chi connectivity index (χ3v) is 7.77. The van der Waals surface area contributed by atoms with Crippen molar-refractivity contribution in [1.29, 1.82) is 5.26 Å². The van der Waals surface area contributed by atoms with Gasteiger partial charge in [-0.15, -0.1) is 0 Å². The molecule has 184 valence electrons.